The van der Waals surface area contributed by atoms with Gasteiger partial charge in [0.1, 0.15) is 11.7 Å². The summed E-state index contributed by atoms with van der Waals surface area (Å²) >= 11 is 0. The van der Waals surface area contributed by atoms with Crippen molar-refractivity contribution in [1.82, 2.24) is 9.80 Å². The molecule has 116 valence electrons. The van der Waals surface area contributed by atoms with E-state index in [4.69, 9.17) is 11.1 Å². The van der Waals surface area contributed by atoms with Crippen LogP contribution in [-0.4, -0.2) is 47.4 Å². The van der Waals surface area contributed by atoms with Crippen molar-refractivity contribution in [2.45, 2.75) is 32.9 Å². The van der Waals surface area contributed by atoms with Crippen LogP contribution in [0, 0.1) is 11.2 Å². The van der Waals surface area contributed by atoms with E-state index in [0.29, 0.717) is 12.1 Å². The van der Waals surface area contributed by atoms with Gasteiger partial charge in [0.2, 0.25) is 0 Å². The van der Waals surface area contributed by atoms with Crippen molar-refractivity contribution >= 4 is 5.84 Å². The minimum absolute atomic E-state index is 0.186. The molecule has 5 heteroatoms. The Bertz CT molecular complexity index is 513. The number of piperazine rings is 1. The average Bonchev–Trinajstić information content (AvgIpc) is 2.40. The number of rotatable bonds is 3. The maximum Gasteiger partial charge on any atom is 0.138 e. The van der Waals surface area contributed by atoms with Gasteiger partial charge in [-0.15, -0.1) is 0 Å². The van der Waals surface area contributed by atoms with Gasteiger partial charge in [0, 0.05) is 43.8 Å². The molecule has 1 fully saturated rings. The zero-order chi connectivity index (χ0) is 15.6. The van der Waals surface area contributed by atoms with Gasteiger partial charge in [0.15, 0.2) is 0 Å². The Morgan fingerprint density at radius 3 is 2.38 bits per heavy atom. The average molecular weight is 292 g/mol. The lowest BCUT2D eigenvalue weighted by Crippen LogP contribution is -2.53. The van der Waals surface area contributed by atoms with E-state index in [1.54, 1.807) is 18.2 Å². The first-order valence-corrected chi connectivity index (χ1v) is 7.38. The lowest BCUT2D eigenvalue weighted by atomic mass is 10.0. The van der Waals surface area contributed by atoms with Crippen molar-refractivity contribution in [3.63, 3.8) is 0 Å². The smallest absolute Gasteiger partial charge is 0.138 e. The molecule has 1 aliphatic heterocycles. The van der Waals surface area contributed by atoms with E-state index in [-0.39, 0.29) is 22.8 Å². The second-order valence-corrected chi connectivity index (χ2v) is 6.63. The molecular formula is C16H25FN4. The number of nitrogen functional groups attached to an aromatic ring is 1. The predicted molar refractivity (Wildman–Crippen MR) is 84.0 cm³/mol. The molecule has 1 aromatic rings. The van der Waals surface area contributed by atoms with Crippen LogP contribution in [0.4, 0.5) is 4.39 Å². The van der Waals surface area contributed by atoms with Crippen molar-refractivity contribution in [3.05, 3.63) is 35.1 Å². The number of halogens is 1. The molecule has 3 N–H and O–H groups in total. The van der Waals surface area contributed by atoms with Crippen molar-refractivity contribution < 1.29 is 4.39 Å². The standard InChI is InChI=1S/C16H25FN4/c1-16(2,3)21-9-7-20(8-10-21)11-12-5-4-6-13(14(12)17)15(18)19/h4-6H,7-11H2,1-3H3,(H3,18,19). The zero-order valence-corrected chi connectivity index (χ0v) is 13.1. The van der Waals surface area contributed by atoms with E-state index in [9.17, 15) is 4.39 Å². The van der Waals surface area contributed by atoms with Crippen LogP contribution in [0.3, 0.4) is 0 Å². The maximum absolute atomic E-state index is 14.3. The number of amidine groups is 1. The summed E-state index contributed by atoms with van der Waals surface area (Å²) in [5.74, 6) is -0.574. The fourth-order valence-electron chi connectivity index (χ4n) is 2.73. The predicted octanol–water partition coefficient (Wildman–Crippen LogP) is 2.03. The summed E-state index contributed by atoms with van der Waals surface area (Å²) in [7, 11) is 0. The Balaban J connectivity index is 2.01. The lowest BCUT2D eigenvalue weighted by molar-refractivity contribution is 0.0586. The van der Waals surface area contributed by atoms with Gasteiger partial charge in [0.05, 0.1) is 5.56 Å². The Morgan fingerprint density at radius 2 is 1.86 bits per heavy atom. The van der Waals surface area contributed by atoms with Crippen LogP contribution in [0.25, 0.3) is 0 Å². The van der Waals surface area contributed by atoms with Crippen molar-refractivity contribution in [1.29, 1.82) is 5.41 Å². The fourth-order valence-corrected chi connectivity index (χ4v) is 2.73. The molecule has 1 heterocycles. The molecule has 0 bridgehead atoms. The minimum Gasteiger partial charge on any atom is -0.384 e. The largest absolute Gasteiger partial charge is 0.384 e. The van der Waals surface area contributed by atoms with Crippen LogP contribution < -0.4 is 5.73 Å². The summed E-state index contributed by atoms with van der Waals surface area (Å²) in [5.41, 5.74) is 6.40. The van der Waals surface area contributed by atoms with Gasteiger partial charge < -0.3 is 5.73 Å². The van der Waals surface area contributed by atoms with Gasteiger partial charge in [-0.05, 0) is 26.8 Å². The first-order valence-electron chi connectivity index (χ1n) is 7.38. The SMILES string of the molecule is CC(C)(C)N1CCN(Cc2cccc(C(=N)N)c2F)CC1. The van der Waals surface area contributed by atoms with E-state index in [0.717, 1.165) is 26.2 Å². The van der Waals surface area contributed by atoms with Crippen LogP contribution in [0.5, 0.6) is 0 Å². The number of nitrogens with two attached hydrogens (primary N) is 1. The first-order chi connectivity index (χ1) is 9.79. The number of hydrogen-bond donors (Lipinski definition) is 2. The number of nitrogens with zero attached hydrogens (tertiary/aromatic N) is 2. The second-order valence-electron chi connectivity index (χ2n) is 6.63. The van der Waals surface area contributed by atoms with Crippen LogP contribution in [0.15, 0.2) is 18.2 Å². The van der Waals surface area contributed by atoms with Crippen LogP contribution in [0.2, 0.25) is 0 Å². The van der Waals surface area contributed by atoms with Gasteiger partial charge in [-0.1, -0.05) is 12.1 Å². The van der Waals surface area contributed by atoms with Crippen molar-refractivity contribution in [2.75, 3.05) is 26.2 Å². The van der Waals surface area contributed by atoms with E-state index >= 15 is 0 Å². The molecule has 0 atom stereocenters. The van der Waals surface area contributed by atoms with Crippen molar-refractivity contribution in [3.8, 4) is 0 Å². The quantitative estimate of drug-likeness (QED) is 0.662. The minimum atomic E-state index is -0.358. The van der Waals surface area contributed by atoms with Gasteiger partial charge in [-0.25, -0.2) is 4.39 Å². The monoisotopic (exact) mass is 292 g/mol. The highest BCUT2D eigenvalue weighted by Crippen LogP contribution is 2.19. The summed E-state index contributed by atoms with van der Waals surface area (Å²) in [6.45, 7) is 11.1. The van der Waals surface area contributed by atoms with E-state index < -0.39 is 0 Å². The molecule has 2 rings (SSSR count). The van der Waals surface area contributed by atoms with E-state index in [2.05, 4.69) is 30.6 Å². The molecule has 0 aromatic heterocycles. The molecule has 4 nitrogen and oxygen atoms in total. The number of nitrogens with one attached hydrogen (secondary N) is 1. The summed E-state index contributed by atoms with van der Waals surface area (Å²) in [6, 6.07) is 5.09. The molecule has 0 unspecified atom stereocenters. The Hall–Kier alpha value is -1.46. The zero-order valence-electron chi connectivity index (χ0n) is 13.1. The van der Waals surface area contributed by atoms with Gasteiger partial charge >= 0.3 is 0 Å². The molecule has 0 spiro atoms. The Morgan fingerprint density at radius 1 is 1.24 bits per heavy atom. The second kappa shape index (κ2) is 6.12. The van der Waals surface area contributed by atoms with Gasteiger partial charge in [-0.2, -0.15) is 0 Å². The molecule has 0 saturated carbocycles. The lowest BCUT2D eigenvalue weighted by Gasteiger charge is -2.42. The third-order valence-electron chi connectivity index (χ3n) is 4.08. The van der Waals surface area contributed by atoms with E-state index in [1.165, 1.54) is 0 Å². The normalized spacial score (nSPS) is 17.9. The summed E-state index contributed by atoms with van der Waals surface area (Å²) in [5, 5.41) is 7.41. The number of benzene rings is 1. The molecule has 1 saturated heterocycles. The van der Waals surface area contributed by atoms with E-state index in [1.807, 2.05) is 0 Å². The Labute approximate surface area is 126 Å². The maximum atomic E-state index is 14.3. The third kappa shape index (κ3) is 3.80. The van der Waals surface area contributed by atoms with Crippen LogP contribution in [0.1, 0.15) is 31.9 Å². The summed E-state index contributed by atoms with van der Waals surface area (Å²) in [6.07, 6.45) is 0. The summed E-state index contributed by atoms with van der Waals surface area (Å²) in [4.78, 5) is 4.70. The molecule has 1 aliphatic rings. The topological polar surface area (TPSA) is 56.4 Å². The van der Waals surface area contributed by atoms with Gasteiger partial charge in [0.25, 0.3) is 0 Å². The molecule has 1 aromatic carbocycles. The van der Waals surface area contributed by atoms with Crippen LogP contribution in [-0.2, 0) is 6.54 Å². The molecule has 0 amide bonds. The Kier molecular flexibility index (Phi) is 4.64. The third-order valence-corrected chi connectivity index (χ3v) is 4.08. The fraction of sp³-hybridized carbons (Fsp3) is 0.562. The molecular weight excluding hydrogens is 267 g/mol. The highest BCUT2D eigenvalue weighted by Gasteiger charge is 2.26. The summed E-state index contributed by atoms with van der Waals surface area (Å²) < 4.78 is 14.3. The highest BCUT2D eigenvalue weighted by molar-refractivity contribution is 5.95. The van der Waals surface area contributed by atoms with Crippen molar-refractivity contribution in [2.24, 2.45) is 5.73 Å². The number of hydrogen-bond acceptors (Lipinski definition) is 3. The van der Waals surface area contributed by atoms with Crippen LogP contribution >= 0.6 is 0 Å². The molecule has 21 heavy (non-hydrogen) atoms. The first kappa shape index (κ1) is 15.9. The molecule has 0 radical (unpaired) electrons. The highest BCUT2D eigenvalue weighted by atomic mass is 19.1. The van der Waals surface area contributed by atoms with Gasteiger partial charge in [-0.3, -0.25) is 15.2 Å². The molecule has 0 aliphatic carbocycles.